The third-order valence-electron chi connectivity index (χ3n) is 2.00. The average molecular weight is 292 g/mol. The van der Waals surface area contributed by atoms with Crippen molar-refractivity contribution in [1.29, 1.82) is 0 Å². The van der Waals surface area contributed by atoms with Gasteiger partial charge in [0.05, 0.1) is 19.8 Å². The minimum absolute atomic E-state index is 0.0455. The second kappa shape index (κ2) is 6.41. The Balaban J connectivity index is 4.55. The molecule has 0 aliphatic carbocycles. The summed E-state index contributed by atoms with van der Waals surface area (Å²) in [5.74, 6) is 0. The molecule has 8 nitrogen and oxygen atoms in total. The highest BCUT2D eigenvalue weighted by molar-refractivity contribution is 7.74. The van der Waals surface area contributed by atoms with Crippen LogP contribution in [-0.4, -0.2) is 58.0 Å². The summed E-state index contributed by atoms with van der Waals surface area (Å²) in [4.78, 5) is 27.0. The summed E-state index contributed by atoms with van der Waals surface area (Å²) in [6, 6.07) is 0. The Kier molecular flexibility index (Phi) is 6.49. The van der Waals surface area contributed by atoms with Crippen molar-refractivity contribution in [1.82, 2.24) is 0 Å². The van der Waals surface area contributed by atoms with Crippen molar-refractivity contribution >= 4 is 15.0 Å². The van der Waals surface area contributed by atoms with Gasteiger partial charge in [0.15, 0.2) is 0 Å². The van der Waals surface area contributed by atoms with Crippen LogP contribution in [0.1, 0.15) is 6.92 Å². The second-order valence-electron chi connectivity index (χ2n) is 3.45. The Morgan fingerprint density at radius 2 is 1.59 bits per heavy atom. The maximum atomic E-state index is 11.3. The standard InChI is InChI=1S/C7H18O8P2/c1-3-14-4-5-15-6-7(8,16(2,9)10)17(11,12)13/h8H,3-6H2,1-2H3,(H,9,10)(H2,11,12,13). The lowest BCUT2D eigenvalue weighted by molar-refractivity contribution is 0.00430. The van der Waals surface area contributed by atoms with Gasteiger partial charge in [0.25, 0.3) is 5.08 Å². The summed E-state index contributed by atoms with van der Waals surface area (Å²) < 4.78 is 32.0. The molecule has 0 saturated carbocycles. The van der Waals surface area contributed by atoms with Gasteiger partial charge < -0.3 is 29.3 Å². The molecule has 0 saturated heterocycles. The smallest absolute Gasteiger partial charge is 0.369 e. The molecule has 2 unspecified atom stereocenters. The number of rotatable bonds is 8. The highest BCUT2D eigenvalue weighted by atomic mass is 31.2. The van der Waals surface area contributed by atoms with Gasteiger partial charge in [-0.15, -0.1) is 0 Å². The van der Waals surface area contributed by atoms with Gasteiger partial charge >= 0.3 is 7.60 Å². The van der Waals surface area contributed by atoms with Gasteiger partial charge in [-0.1, -0.05) is 0 Å². The van der Waals surface area contributed by atoms with E-state index in [2.05, 4.69) is 0 Å². The number of hydrogen-bond acceptors (Lipinski definition) is 5. The lowest BCUT2D eigenvalue weighted by Crippen LogP contribution is -2.34. The number of ether oxygens (including phenoxy) is 2. The van der Waals surface area contributed by atoms with Crippen LogP contribution in [0.4, 0.5) is 0 Å². The van der Waals surface area contributed by atoms with Gasteiger partial charge in [-0.05, 0) is 6.92 Å². The van der Waals surface area contributed by atoms with Crippen LogP contribution in [0.5, 0.6) is 0 Å². The molecule has 104 valence electrons. The predicted octanol–water partition coefficient (Wildman–Crippen LogP) is -0.236. The molecule has 0 aromatic rings. The molecule has 4 N–H and O–H groups in total. The zero-order valence-electron chi connectivity index (χ0n) is 9.64. The molecule has 0 bridgehead atoms. The van der Waals surface area contributed by atoms with E-state index in [0.29, 0.717) is 13.3 Å². The van der Waals surface area contributed by atoms with E-state index < -0.39 is 26.7 Å². The van der Waals surface area contributed by atoms with Crippen LogP contribution in [0, 0.1) is 0 Å². The summed E-state index contributed by atoms with van der Waals surface area (Å²) in [7, 11) is -9.63. The van der Waals surface area contributed by atoms with Crippen molar-refractivity contribution in [3.63, 3.8) is 0 Å². The van der Waals surface area contributed by atoms with Crippen molar-refractivity contribution in [2.75, 3.05) is 33.1 Å². The molecular formula is C7H18O8P2. The Labute approximate surface area is 99.2 Å². The molecule has 2 atom stereocenters. The van der Waals surface area contributed by atoms with Crippen molar-refractivity contribution in [2.24, 2.45) is 0 Å². The molecular weight excluding hydrogens is 274 g/mol. The van der Waals surface area contributed by atoms with Crippen LogP contribution >= 0.6 is 15.0 Å². The molecule has 0 aliphatic heterocycles. The molecule has 0 radical (unpaired) electrons. The quantitative estimate of drug-likeness (QED) is 0.356. The molecule has 0 aliphatic rings. The van der Waals surface area contributed by atoms with Gasteiger partial charge in [-0.25, -0.2) is 0 Å². The summed E-state index contributed by atoms with van der Waals surface area (Å²) in [5, 5.41) is 6.52. The first-order valence-corrected chi connectivity index (χ1v) is 8.52. The molecule has 0 spiro atoms. The molecule has 0 heterocycles. The zero-order valence-corrected chi connectivity index (χ0v) is 11.4. The van der Waals surface area contributed by atoms with Crippen LogP contribution in [-0.2, 0) is 18.6 Å². The van der Waals surface area contributed by atoms with Gasteiger partial charge in [0.1, 0.15) is 0 Å². The van der Waals surface area contributed by atoms with Gasteiger partial charge in [-0.3, -0.25) is 9.13 Å². The van der Waals surface area contributed by atoms with Crippen LogP contribution in [0.3, 0.4) is 0 Å². The minimum Gasteiger partial charge on any atom is -0.379 e. The first kappa shape index (κ1) is 17.2. The summed E-state index contributed by atoms with van der Waals surface area (Å²) in [6.45, 7) is 2.04. The van der Waals surface area contributed by atoms with Crippen molar-refractivity contribution in [3.8, 4) is 0 Å². The normalized spacial score (nSPS) is 19.6. The van der Waals surface area contributed by atoms with Crippen molar-refractivity contribution in [2.45, 2.75) is 12.0 Å². The van der Waals surface area contributed by atoms with E-state index in [1.54, 1.807) is 6.92 Å². The third-order valence-corrected chi connectivity index (χ3v) is 6.42. The van der Waals surface area contributed by atoms with Crippen LogP contribution < -0.4 is 0 Å². The zero-order chi connectivity index (χ0) is 13.7. The fourth-order valence-electron chi connectivity index (χ4n) is 0.917. The molecule has 0 rings (SSSR count). The molecule has 10 heteroatoms. The number of aliphatic hydroxyl groups is 1. The Hall–Kier alpha value is 0.220. The lowest BCUT2D eigenvalue weighted by Gasteiger charge is -2.30. The number of hydrogen-bond donors (Lipinski definition) is 4. The molecule has 0 fully saturated rings. The minimum atomic E-state index is -5.19. The van der Waals surface area contributed by atoms with E-state index in [4.69, 9.17) is 19.3 Å². The lowest BCUT2D eigenvalue weighted by atomic mass is 10.7. The van der Waals surface area contributed by atoms with E-state index in [1.165, 1.54) is 0 Å². The maximum Gasteiger partial charge on any atom is 0.369 e. The Bertz CT molecular complexity index is 296. The van der Waals surface area contributed by atoms with Crippen molar-refractivity contribution in [3.05, 3.63) is 0 Å². The molecule has 0 aromatic carbocycles. The third kappa shape index (κ3) is 4.77. The van der Waals surface area contributed by atoms with E-state index in [9.17, 15) is 19.1 Å². The van der Waals surface area contributed by atoms with Crippen molar-refractivity contribution < 1.29 is 38.4 Å². The summed E-state index contributed by atoms with van der Waals surface area (Å²) in [6.07, 6.45) is 0. The van der Waals surface area contributed by atoms with E-state index in [0.717, 1.165) is 0 Å². The van der Waals surface area contributed by atoms with Gasteiger partial charge in [0.2, 0.25) is 7.37 Å². The summed E-state index contributed by atoms with van der Waals surface area (Å²) in [5.41, 5.74) is 0. The topological polar surface area (TPSA) is 134 Å². The monoisotopic (exact) mass is 292 g/mol. The first-order chi connectivity index (χ1) is 7.56. The van der Waals surface area contributed by atoms with Crippen LogP contribution in [0.15, 0.2) is 0 Å². The molecule has 17 heavy (non-hydrogen) atoms. The molecule has 0 aromatic heterocycles. The van der Waals surface area contributed by atoms with Crippen LogP contribution in [0.25, 0.3) is 0 Å². The summed E-state index contributed by atoms with van der Waals surface area (Å²) >= 11 is 0. The Morgan fingerprint density at radius 1 is 1.12 bits per heavy atom. The highest BCUT2D eigenvalue weighted by Crippen LogP contribution is 2.67. The Morgan fingerprint density at radius 3 is 1.94 bits per heavy atom. The largest absolute Gasteiger partial charge is 0.379 e. The highest BCUT2D eigenvalue weighted by Gasteiger charge is 2.57. The van der Waals surface area contributed by atoms with E-state index >= 15 is 0 Å². The first-order valence-electron chi connectivity index (χ1n) is 4.80. The van der Waals surface area contributed by atoms with Gasteiger partial charge in [-0.2, -0.15) is 0 Å². The average Bonchev–Trinajstić information content (AvgIpc) is 2.13. The molecule has 0 amide bonds. The second-order valence-corrected chi connectivity index (χ2v) is 8.13. The van der Waals surface area contributed by atoms with Crippen LogP contribution in [0.2, 0.25) is 0 Å². The maximum absolute atomic E-state index is 11.3. The SMILES string of the molecule is CCOCCOCC(O)(P(C)(=O)O)P(=O)(O)O. The van der Waals surface area contributed by atoms with E-state index in [-0.39, 0.29) is 13.2 Å². The van der Waals surface area contributed by atoms with E-state index in [1.807, 2.05) is 0 Å². The van der Waals surface area contributed by atoms with Gasteiger partial charge in [0, 0.05) is 13.3 Å². The predicted molar refractivity (Wildman–Crippen MR) is 60.1 cm³/mol. The fraction of sp³-hybridized carbons (Fsp3) is 1.00. The fourth-order valence-corrected chi connectivity index (χ4v) is 3.44.